The van der Waals surface area contributed by atoms with Gasteiger partial charge in [-0.25, -0.2) is 0 Å². The lowest BCUT2D eigenvalue weighted by molar-refractivity contribution is -0.385. The summed E-state index contributed by atoms with van der Waals surface area (Å²) in [5.41, 5.74) is 2.50. The topological polar surface area (TPSA) is 108 Å². The van der Waals surface area contributed by atoms with Gasteiger partial charge in [-0.15, -0.1) is 0 Å². The molecule has 3 rings (SSSR count). The number of nitrogens with one attached hydrogen (secondary N) is 1. The van der Waals surface area contributed by atoms with E-state index < -0.39 is 11.0 Å². The second-order valence-corrected chi connectivity index (χ2v) is 6.37. The molecule has 0 spiro atoms. The van der Waals surface area contributed by atoms with Crippen LogP contribution in [0.1, 0.15) is 29.8 Å². The van der Waals surface area contributed by atoms with Gasteiger partial charge in [-0.3, -0.25) is 24.3 Å². The maximum Gasteiger partial charge on any atom is 0.309 e. The summed E-state index contributed by atoms with van der Waals surface area (Å²) in [7, 11) is 0. The molecule has 1 amide bonds. The number of aryl methyl sites for hydroxylation is 1. The van der Waals surface area contributed by atoms with Crippen LogP contribution in [0.4, 0.5) is 11.5 Å². The molecule has 1 unspecified atom stereocenters. The van der Waals surface area contributed by atoms with Crippen molar-refractivity contribution in [3.05, 3.63) is 69.7 Å². The van der Waals surface area contributed by atoms with Crippen LogP contribution in [-0.2, 0) is 11.3 Å². The number of carbonyl (C=O) groups excluding carboxylic acids is 1. The van der Waals surface area contributed by atoms with E-state index in [9.17, 15) is 14.9 Å². The Kier molecular flexibility index (Phi) is 5.02. The molecule has 27 heavy (non-hydrogen) atoms. The molecular weight excluding hydrogens is 348 g/mol. The van der Waals surface area contributed by atoms with Crippen molar-refractivity contribution in [2.75, 3.05) is 5.32 Å². The maximum atomic E-state index is 12.5. The molecule has 2 aromatic heterocycles. The Bertz CT molecular complexity index is 991. The van der Waals surface area contributed by atoms with Crippen molar-refractivity contribution in [2.45, 2.75) is 33.4 Å². The first-order valence-electron chi connectivity index (χ1n) is 8.43. The van der Waals surface area contributed by atoms with Gasteiger partial charge in [0.2, 0.25) is 5.91 Å². The van der Waals surface area contributed by atoms with Gasteiger partial charge in [-0.05, 0) is 26.3 Å². The van der Waals surface area contributed by atoms with Crippen molar-refractivity contribution in [3.63, 3.8) is 0 Å². The van der Waals surface area contributed by atoms with Crippen molar-refractivity contribution in [2.24, 2.45) is 0 Å². The van der Waals surface area contributed by atoms with Crippen molar-refractivity contribution in [3.8, 4) is 0 Å². The number of carbonyl (C=O) groups is 1. The molecule has 3 aromatic rings. The van der Waals surface area contributed by atoms with Crippen molar-refractivity contribution in [1.29, 1.82) is 0 Å². The van der Waals surface area contributed by atoms with Crippen LogP contribution in [0.15, 0.2) is 42.7 Å². The van der Waals surface area contributed by atoms with E-state index in [1.54, 1.807) is 30.8 Å². The van der Waals surface area contributed by atoms with Gasteiger partial charge in [-0.1, -0.05) is 29.8 Å². The molecule has 0 bridgehead atoms. The fourth-order valence-corrected chi connectivity index (χ4v) is 2.84. The highest BCUT2D eigenvalue weighted by atomic mass is 16.6. The van der Waals surface area contributed by atoms with E-state index in [0.29, 0.717) is 18.1 Å². The molecule has 0 aliphatic rings. The first kappa shape index (κ1) is 18.3. The molecule has 9 heteroatoms. The standard InChI is InChI=1S/C18H20N6O3/c1-12-5-4-6-15(9-12)11-22-8-7-17(21-22)20-18(25)14(3)23-13(2)16(10-19-23)24(26)27/h4-10,14H,11H2,1-3H3,(H,20,21,25). The normalized spacial score (nSPS) is 12.0. The first-order valence-corrected chi connectivity index (χ1v) is 8.43. The van der Waals surface area contributed by atoms with Crippen LogP contribution in [0.5, 0.6) is 0 Å². The fraction of sp³-hybridized carbons (Fsp3) is 0.278. The number of hydrogen-bond donors (Lipinski definition) is 1. The minimum absolute atomic E-state index is 0.114. The van der Waals surface area contributed by atoms with Crippen LogP contribution in [0, 0.1) is 24.0 Å². The predicted molar refractivity (Wildman–Crippen MR) is 99.5 cm³/mol. The van der Waals surface area contributed by atoms with Crippen LogP contribution < -0.4 is 5.32 Å². The number of amides is 1. The summed E-state index contributed by atoms with van der Waals surface area (Å²) < 4.78 is 3.07. The molecule has 1 atom stereocenters. The second kappa shape index (κ2) is 7.40. The second-order valence-electron chi connectivity index (χ2n) is 6.37. The van der Waals surface area contributed by atoms with Gasteiger partial charge in [0.15, 0.2) is 5.82 Å². The molecule has 9 nitrogen and oxygen atoms in total. The summed E-state index contributed by atoms with van der Waals surface area (Å²) in [4.78, 5) is 22.9. The Morgan fingerprint density at radius 2 is 2.11 bits per heavy atom. The molecule has 2 heterocycles. The monoisotopic (exact) mass is 368 g/mol. The van der Waals surface area contributed by atoms with Crippen LogP contribution in [0.3, 0.4) is 0 Å². The molecule has 0 aliphatic heterocycles. The van der Waals surface area contributed by atoms with Gasteiger partial charge in [0.05, 0.1) is 11.5 Å². The molecule has 0 saturated heterocycles. The zero-order chi connectivity index (χ0) is 19.6. The highest BCUT2D eigenvalue weighted by Gasteiger charge is 2.24. The van der Waals surface area contributed by atoms with Crippen LogP contribution >= 0.6 is 0 Å². The van der Waals surface area contributed by atoms with E-state index >= 15 is 0 Å². The molecule has 0 fully saturated rings. The minimum Gasteiger partial charge on any atom is -0.307 e. The number of anilines is 1. The average Bonchev–Trinajstić information content (AvgIpc) is 3.20. The summed E-state index contributed by atoms with van der Waals surface area (Å²) in [6, 6.07) is 9.11. The van der Waals surface area contributed by atoms with Crippen LogP contribution in [0.25, 0.3) is 0 Å². The molecule has 0 saturated carbocycles. The lowest BCUT2D eigenvalue weighted by Gasteiger charge is -2.12. The van der Waals surface area contributed by atoms with Crippen molar-refractivity contribution < 1.29 is 9.72 Å². The van der Waals surface area contributed by atoms with Gasteiger partial charge < -0.3 is 5.32 Å². The number of aromatic nitrogens is 4. The van der Waals surface area contributed by atoms with E-state index in [2.05, 4.69) is 21.6 Å². The minimum atomic E-state index is -0.708. The van der Waals surface area contributed by atoms with Crippen LogP contribution in [0.2, 0.25) is 0 Å². The third kappa shape index (κ3) is 4.02. The maximum absolute atomic E-state index is 12.5. The van der Waals surface area contributed by atoms with Crippen LogP contribution in [-0.4, -0.2) is 30.4 Å². The first-order chi connectivity index (χ1) is 12.8. The summed E-state index contributed by atoms with van der Waals surface area (Å²) in [6.45, 7) is 5.81. The third-order valence-electron chi connectivity index (χ3n) is 4.28. The van der Waals surface area contributed by atoms with Crippen molar-refractivity contribution >= 4 is 17.4 Å². The quantitative estimate of drug-likeness (QED) is 0.532. The zero-order valence-corrected chi connectivity index (χ0v) is 15.3. The highest BCUT2D eigenvalue weighted by molar-refractivity contribution is 5.92. The Balaban J connectivity index is 1.68. The molecule has 140 valence electrons. The largest absolute Gasteiger partial charge is 0.309 e. The summed E-state index contributed by atoms with van der Waals surface area (Å²) in [5.74, 6) is 0.0655. The SMILES string of the molecule is Cc1cccc(Cn2ccc(NC(=O)C(C)n3ncc([N+](=O)[O-])c3C)n2)c1. The summed E-state index contributed by atoms with van der Waals surface area (Å²) in [5, 5.41) is 22.0. The smallest absolute Gasteiger partial charge is 0.307 e. The van der Waals surface area contributed by atoms with Gasteiger partial charge in [0, 0.05) is 12.3 Å². The number of hydrogen-bond acceptors (Lipinski definition) is 5. The van der Waals surface area contributed by atoms with Gasteiger partial charge in [0.1, 0.15) is 17.9 Å². The lowest BCUT2D eigenvalue weighted by atomic mass is 10.1. The molecule has 0 aliphatic carbocycles. The Morgan fingerprint density at radius 1 is 1.33 bits per heavy atom. The molecule has 1 aromatic carbocycles. The van der Waals surface area contributed by atoms with E-state index in [0.717, 1.165) is 11.8 Å². The lowest BCUT2D eigenvalue weighted by Crippen LogP contribution is -2.25. The fourth-order valence-electron chi connectivity index (χ4n) is 2.84. The van der Waals surface area contributed by atoms with Crippen molar-refractivity contribution in [1.82, 2.24) is 19.6 Å². The van der Waals surface area contributed by atoms with Gasteiger partial charge in [0.25, 0.3) is 0 Å². The zero-order valence-electron chi connectivity index (χ0n) is 15.3. The molecule has 1 N–H and O–H groups in total. The number of rotatable bonds is 6. The Labute approximate surface area is 155 Å². The Hall–Kier alpha value is -3.49. The number of benzene rings is 1. The average molecular weight is 368 g/mol. The van der Waals surface area contributed by atoms with E-state index in [-0.39, 0.29) is 11.6 Å². The summed E-state index contributed by atoms with van der Waals surface area (Å²) >= 11 is 0. The van der Waals surface area contributed by atoms with E-state index in [1.165, 1.54) is 10.2 Å². The van der Waals surface area contributed by atoms with E-state index in [1.807, 2.05) is 25.1 Å². The van der Waals surface area contributed by atoms with Gasteiger partial charge >= 0.3 is 5.69 Å². The summed E-state index contributed by atoms with van der Waals surface area (Å²) in [6.07, 6.45) is 2.93. The predicted octanol–water partition coefficient (Wildman–Crippen LogP) is 2.85. The highest BCUT2D eigenvalue weighted by Crippen LogP contribution is 2.20. The third-order valence-corrected chi connectivity index (χ3v) is 4.28. The Morgan fingerprint density at radius 3 is 2.78 bits per heavy atom. The van der Waals surface area contributed by atoms with E-state index in [4.69, 9.17) is 0 Å². The molecule has 0 radical (unpaired) electrons. The number of nitrogens with zero attached hydrogens (tertiary/aromatic N) is 5. The van der Waals surface area contributed by atoms with Gasteiger partial charge in [-0.2, -0.15) is 10.2 Å². The molecular formula is C18H20N6O3. The number of nitro groups is 1.